The van der Waals surface area contributed by atoms with E-state index in [1.807, 2.05) is 0 Å². The number of rotatable bonds is 8. The van der Waals surface area contributed by atoms with Crippen LogP contribution >= 0.6 is 15.6 Å². The van der Waals surface area contributed by atoms with Crippen molar-refractivity contribution in [2.24, 2.45) is 0 Å². The van der Waals surface area contributed by atoms with Crippen LogP contribution in [-0.2, 0) is 22.7 Å². The Hall–Kier alpha value is -1.63. The molecule has 0 saturated carbocycles. The fraction of sp³-hybridized carbons (Fsp3) is 0.643. The third-order valence-corrected chi connectivity index (χ3v) is 6.24. The van der Waals surface area contributed by atoms with Crippen molar-refractivity contribution in [1.82, 2.24) is 24.8 Å². The van der Waals surface area contributed by atoms with Gasteiger partial charge in [-0.2, -0.15) is 4.31 Å². The second-order valence-electron chi connectivity index (χ2n) is 6.98. The first-order chi connectivity index (χ1) is 15.6. The van der Waals surface area contributed by atoms with Gasteiger partial charge in [0.2, 0.25) is 0 Å². The number of phosphoric ester groups is 1. The molecule has 10 N–H and O–H groups in total. The lowest BCUT2D eigenvalue weighted by molar-refractivity contribution is -0.0503. The van der Waals surface area contributed by atoms with E-state index >= 15 is 0 Å². The van der Waals surface area contributed by atoms with Gasteiger partial charge < -0.3 is 45.6 Å². The number of ether oxygens (including phenoxy) is 1. The van der Waals surface area contributed by atoms with Crippen LogP contribution in [-0.4, -0.2) is 92.0 Å². The molecule has 0 amide bonds. The first-order valence-corrected chi connectivity index (χ1v) is 12.4. The molecular formula is C14H26N6O12P2. The first-order valence-electron chi connectivity index (χ1n) is 9.42. The predicted octanol–water partition coefficient (Wildman–Crippen LogP) is -2.49. The number of aliphatic hydroxyl groups excluding tert-OH is 4. The number of fused-ring (bicyclic) bond motifs is 1. The molecule has 34 heavy (non-hydrogen) atoms. The molecule has 1 saturated heterocycles. The number of nitrogens with one attached hydrogen (secondary N) is 1. The average Bonchev–Trinajstić information content (AvgIpc) is 3.21. The van der Waals surface area contributed by atoms with Crippen LogP contribution in [0.5, 0.6) is 0 Å². The zero-order valence-electron chi connectivity index (χ0n) is 17.8. The normalized spacial score (nSPS) is 26.5. The zero-order valence-corrected chi connectivity index (χ0v) is 19.5. The van der Waals surface area contributed by atoms with Crippen LogP contribution in [0.2, 0.25) is 0 Å². The lowest BCUT2D eigenvalue weighted by Crippen LogP contribution is -2.33. The Morgan fingerprint density at radius 1 is 1.15 bits per heavy atom. The number of nitrogens with two attached hydrogens (primary N) is 1. The minimum absolute atomic E-state index is 0.0856. The van der Waals surface area contributed by atoms with Crippen LogP contribution in [0.15, 0.2) is 12.7 Å². The van der Waals surface area contributed by atoms with E-state index in [-0.39, 0.29) is 17.0 Å². The Morgan fingerprint density at radius 3 is 2.29 bits per heavy atom. The molecule has 2 aromatic rings. The van der Waals surface area contributed by atoms with Gasteiger partial charge in [-0.3, -0.25) is 14.4 Å². The third-order valence-electron chi connectivity index (χ3n) is 4.09. The number of anilines is 1. The third kappa shape index (κ3) is 7.96. The van der Waals surface area contributed by atoms with E-state index in [1.165, 1.54) is 10.9 Å². The number of hydrogen-bond acceptors (Lipinski definition) is 14. The SMILES string of the molecule is CC(O)NC(C)O.Nc1ncnc2c1ncn2[C@@H]1O[C@H](COP(=O)(O)OP(=O)(O)O)C(O)C1O. The van der Waals surface area contributed by atoms with E-state index in [0.717, 1.165) is 6.33 Å². The molecule has 20 heteroatoms. The van der Waals surface area contributed by atoms with Crippen LogP contribution in [0.4, 0.5) is 5.82 Å². The van der Waals surface area contributed by atoms with Crippen LogP contribution < -0.4 is 11.1 Å². The van der Waals surface area contributed by atoms with Gasteiger partial charge in [0.1, 0.15) is 42.6 Å². The van der Waals surface area contributed by atoms with Crippen LogP contribution in [0.3, 0.4) is 0 Å². The highest BCUT2D eigenvalue weighted by molar-refractivity contribution is 7.60. The summed E-state index contributed by atoms with van der Waals surface area (Å²) in [6, 6.07) is 0. The molecule has 7 atom stereocenters. The predicted molar refractivity (Wildman–Crippen MR) is 111 cm³/mol. The fourth-order valence-corrected chi connectivity index (χ4v) is 4.43. The number of nitrogens with zero attached hydrogens (tertiary/aromatic N) is 4. The highest BCUT2D eigenvalue weighted by atomic mass is 31.3. The van der Waals surface area contributed by atoms with Gasteiger partial charge in [0.05, 0.1) is 12.9 Å². The monoisotopic (exact) mass is 532 g/mol. The summed E-state index contributed by atoms with van der Waals surface area (Å²) in [5, 5.41) is 39.6. The summed E-state index contributed by atoms with van der Waals surface area (Å²) in [5.41, 5.74) is 6.11. The summed E-state index contributed by atoms with van der Waals surface area (Å²) in [4.78, 5) is 38.1. The molecule has 0 radical (unpaired) electrons. The van der Waals surface area contributed by atoms with Crippen molar-refractivity contribution >= 4 is 32.6 Å². The molecule has 3 heterocycles. The van der Waals surface area contributed by atoms with Crippen molar-refractivity contribution in [3.05, 3.63) is 12.7 Å². The molecule has 2 aromatic heterocycles. The number of aliphatic hydroxyl groups is 4. The number of hydrogen-bond donors (Lipinski definition) is 9. The van der Waals surface area contributed by atoms with Crippen LogP contribution in [0.25, 0.3) is 11.2 Å². The van der Waals surface area contributed by atoms with E-state index in [2.05, 4.69) is 29.1 Å². The molecule has 0 spiro atoms. The summed E-state index contributed by atoms with van der Waals surface area (Å²) in [6.07, 6.45) is -4.45. The quantitative estimate of drug-likeness (QED) is 0.125. The van der Waals surface area contributed by atoms with Crippen molar-refractivity contribution in [2.75, 3.05) is 12.3 Å². The molecule has 1 aliphatic rings. The van der Waals surface area contributed by atoms with Crippen LogP contribution in [0, 0.1) is 0 Å². The molecule has 1 aliphatic heterocycles. The largest absolute Gasteiger partial charge is 0.481 e. The molecule has 0 bridgehead atoms. The van der Waals surface area contributed by atoms with Gasteiger partial charge in [-0.15, -0.1) is 0 Å². The fourth-order valence-electron chi connectivity index (χ4n) is 2.83. The highest BCUT2D eigenvalue weighted by Gasteiger charge is 2.46. The van der Waals surface area contributed by atoms with Gasteiger partial charge in [-0.25, -0.2) is 24.1 Å². The summed E-state index contributed by atoms with van der Waals surface area (Å²) < 4.78 is 36.8. The lowest BCUT2D eigenvalue weighted by Gasteiger charge is -2.17. The topological polar surface area (TPSA) is 285 Å². The molecule has 5 unspecified atom stereocenters. The second kappa shape index (κ2) is 11.4. The van der Waals surface area contributed by atoms with Gasteiger partial charge >= 0.3 is 15.6 Å². The van der Waals surface area contributed by atoms with E-state index in [0.29, 0.717) is 0 Å². The van der Waals surface area contributed by atoms with E-state index in [9.17, 15) is 24.2 Å². The van der Waals surface area contributed by atoms with Crippen molar-refractivity contribution in [3.63, 3.8) is 0 Å². The van der Waals surface area contributed by atoms with Crippen LogP contribution in [0.1, 0.15) is 20.1 Å². The molecule has 194 valence electrons. The first kappa shape index (κ1) is 28.6. The maximum Gasteiger partial charge on any atom is 0.481 e. The second-order valence-corrected chi connectivity index (χ2v) is 9.81. The maximum atomic E-state index is 11.5. The Labute approximate surface area is 191 Å². The lowest BCUT2D eigenvalue weighted by atomic mass is 10.1. The Morgan fingerprint density at radius 2 is 1.76 bits per heavy atom. The van der Waals surface area contributed by atoms with E-state index < -0.39 is 59.2 Å². The van der Waals surface area contributed by atoms with Gasteiger partial charge in [0, 0.05) is 0 Å². The minimum Gasteiger partial charge on any atom is -0.387 e. The van der Waals surface area contributed by atoms with Crippen molar-refractivity contribution < 1.29 is 57.8 Å². The Kier molecular flexibility index (Phi) is 9.59. The standard InChI is InChI=1S/C10H15N5O10P2.C4H11NO2/c11-8-5-9(13-2-12-8)15(3-14-5)10-7(17)6(16)4(24-10)1-23-27(21,22)25-26(18,19)20;1-3(6)5-4(2)7/h2-4,6-7,10,16-17H,1H2,(H,21,22)(H2,11,12,13)(H2,18,19,20);3-7H,1-2H3/t4-,6?,7?,10-;/m1./s1. The zero-order chi connectivity index (χ0) is 25.8. The molecule has 3 rings (SSSR count). The van der Waals surface area contributed by atoms with Gasteiger partial charge in [-0.05, 0) is 13.8 Å². The van der Waals surface area contributed by atoms with E-state index in [4.69, 9.17) is 30.5 Å². The van der Waals surface area contributed by atoms with Gasteiger partial charge in [0.15, 0.2) is 17.7 Å². The van der Waals surface area contributed by atoms with Gasteiger partial charge in [0.25, 0.3) is 0 Å². The van der Waals surface area contributed by atoms with Crippen molar-refractivity contribution in [2.45, 2.75) is 50.8 Å². The Bertz CT molecular complexity index is 1040. The molecule has 1 fully saturated rings. The van der Waals surface area contributed by atoms with Crippen molar-refractivity contribution in [3.8, 4) is 0 Å². The molecule has 18 nitrogen and oxygen atoms in total. The molecule has 0 aromatic carbocycles. The molecule has 0 aliphatic carbocycles. The highest BCUT2D eigenvalue weighted by Crippen LogP contribution is 2.57. The Balaban J connectivity index is 0.000000509. The number of phosphoric acid groups is 2. The van der Waals surface area contributed by atoms with E-state index in [1.54, 1.807) is 13.8 Å². The summed E-state index contributed by atoms with van der Waals surface area (Å²) >= 11 is 0. The summed E-state index contributed by atoms with van der Waals surface area (Å²) in [5.74, 6) is 0.0856. The van der Waals surface area contributed by atoms with Crippen molar-refractivity contribution in [1.29, 1.82) is 0 Å². The average molecular weight is 532 g/mol. The minimum atomic E-state index is -5.29. The number of imidazole rings is 1. The summed E-state index contributed by atoms with van der Waals surface area (Å²) in [7, 11) is -10.4. The maximum absolute atomic E-state index is 11.5. The van der Waals surface area contributed by atoms with Gasteiger partial charge in [-0.1, -0.05) is 0 Å². The smallest absolute Gasteiger partial charge is 0.387 e. The number of aromatic nitrogens is 4. The molecular weight excluding hydrogens is 506 g/mol. The number of nitrogen functional groups attached to an aromatic ring is 1. The summed E-state index contributed by atoms with van der Waals surface area (Å²) in [6.45, 7) is 2.28.